The zero-order valence-electron chi connectivity index (χ0n) is 13.2. The van der Waals surface area contributed by atoms with Crippen LogP contribution in [0.2, 0.25) is 0 Å². The van der Waals surface area contributed by atoms with Crippen LogP contribution in [0.3, 0.4) is 0 Å². The summed E-state index contributed by atoms with van der Waals surface area (Å²) in [5, 5.41) is 22.9. The number of aliphatic hydroxyl groups is 2. The fourth-order valence-corrected chi connectivity index (χ4v) is 2.06. The Morgan fingerprint density at radius 2 is 1.95 bits per heavy atom. The molecule has 2 unspecified atom stereocenters. The maximum Gasteiger partial charge on any atom is 0.216 e. The molecule has 2 atom stereocenters. The lowest BCUT2D eigenvalue weighted by Crippen LogP contribution is -2.28. The molecule has 0 aliphatic heterocycles. The van der Waals surface area contributed by atoms with E-state index in [-0.39, 0.29) is 17.7 Å². The van der Waals surface area contributed by atoms with E-state index in [9.17, 15) is 15.0 Å². The largest absolute Gasteiger partial charge is 0.398 e. The van der Waals surface area contributed by atoms with E-state index in [1.807, 2.05) is 12.1 Å². The van der Waals surface area contributed by atoms with Gasteiger partial charge in [-0.15, -0.1) is 0 Å². The Hall–Kier alpha value is -1.59. The molecule has 0 saturated carbocycles. The van der Waals surface area contributed by atoms with Crippen molar-refractivity contribution in [1.29, 1.82) is 0 Å². The molecule has 0 bridgehead atoms. The van der Waals surface area contributed by atoms with Crippen molar-refractivity contribution < 1.29 is 15.0 Å². The first-order valence-electron chi connectivity index (χ1n) is 7.13. The molecule has 1 rings (SSSR count). The number of nitrogens with one attached hydrogen (secondary N) is 1. The minimum atomic E-state index is -1.07. The summed E-state index contributed by atoms with van der Waals surface area (Å²) in [6.45, 7) is 7.94. The van der Waals surface area contributed by atoms with E-state index in [0.29, 0.717) is 17.8 Å². The highest BCUT2D eigenvalue weighted by Gasteiger charge is 2.23. The van der Waals surface area contributed by atoms with Crippen molar-refractivity contribution >= 4 is 11.6 Å². The summed E-state index contributed by atoms with van der Waals surface area (Å²) in [6.07, 6.45) is -1.78. The molecule has 118 valence electrons. The standard InChI is InChI=1S/C16H26N2O3/c1-10(19)18-8-7-14(20)15(21)12-9-11(16(2,3)4)5-6-13(12)17/h5-6,9,14-15,20-21H,7-8,17H2,1-4H3,(H,18,19). The maximum absolute atomic E-state index is 10.8. The second-order valence-corrected chi connectivity index (χ2v) is 6.38. The van der Waals surface area contributed by atoms with Gasteiger partial charge in [-0.2, -0.15) is 0 Å². The van der Waals surface area contributed by atoms with Gasteiger partial charge in [0, 0.05) is 24.7 Å². The molecule has 5 nitrogen and oxygen atoms in total. The third kappa shape index (κ3) is 5.02. The van der Waals surface area contributed by atoms with Crippen LogP contribution in [0.4, 0.5) is 5.69 Å². The van der Waals surface area contributed by atoms with Crippen LogP contribution in [0.5, 0.6) is 0 Å². The number of nitrogen functional groups attached to an aromatic ring is 1. The van der Waals surface area contributed by atoms with Crippen molar-refractivity contribution in [3.8, 4) is 0 Å². The number of carbonyl (C=O) groups excluding carboxylic acids is 1. The predicted octanol–water partition coefficient (Wildman–Crippen LogP) is 1.49. The predicted molar refractivity (Wildman–Crippen MR) is 83.8 cm³/mol. The van der Waals surface area contributed by atoms with E-state index in [4.69, 9.17) is 5.73 Å². The monoisotopic (exact) mass is 294 g/mol. The average molecular weight is 294 g/mol. The molecule has 0 fully saturated rings. The van der Waals surface area contributed by atoms with Crippen molar-refractivity contribution in [3.05, 3.63) is 29.3 Å². The van der Waals surface area contributed by atoms with Gasteiger partial charge in [-0.05, 0) is 23.5 Å². The third-order valence-corrected chi connectivity index (χ3v) is 3.45. The summed E-state index contributed by atoms with van der Waals surface area (Å²) >= 11 is 0. The molecule has 1 amide bonds. The van der Waals surface area contributed by atoms with Gasteiger partial charge in [-0.1, -0.05) is 32.9 Å². The molecule has 0 spiro atoms. The topological polar surface area (TPSA) is 95.6 Å². The van der Waals surface area contributed by atoms with Crippen LogP contribution in [-0.2, 0) is 10.2 Å². The third-order valence-electron chi connectivity index (χ3n) is 3.45. The number of nitrogens with two attached hydrogens (primary N) is 1. The number of rotatable bonds is 5. The van der Waals surface area contributed by atoms with Crippen molar-refractivity contribution in [2.45, 2.75) is 51.7 Å². The van der Waals surface area contributed by atoms with Crippen molar-refractivity contribution in [2.75, 3.05) is 12.3 Å². The second-order valence-electron chi connectivity index (χ2n) is 6.38. The molecule has 0 radical (unpaired) electrons. The van der Waals surface area contributed by atoms with Gasteiger partial charge in [0.05, 0.1) is 6.10 Å². The van der Waals surface area contributed by atoms with E-state index >= 15 is 0 Å². The SMILES string of the molecule is CC(=O)NCCC(O)C(O)c1cc(C(C)(C)C)ccc1N. The number of carbonyl (C=O) groups is 1. The number of amides is 1. The van der Waals surface area contributed by atoms with Gasteiger partial charge in [0.1, 0.15) is 6.10 Å². The van der Waals surface area contributed by atoms with Gasteiger partial charge in [-0.25, -0.2) is 0 Å². The fourth-order valence-electron chi connectivity index (χ4n) is 2.06. The Bertz CT molecular complexity index is 495. The molecule has 0 saturated heterocycles. The summed E-state index contributed by atoms with van der Waals surface area (Å²) < 4.78 is 0. The number of benzene rings is 1. The first-order chi connectivity index (χ1) is 9.62. The molecule has 5 N–H and O–H groups in total. The molecule has 0 aromatic heterocycles. The molecule has 21 heavy (non-hydrogen) atoms. The highest BCUT2D eigenvalue weighted by molar-refractivity contribution is 5.72. The van der Waals surface area contributed by atoms with Gasteiger partial charge in [-0.3, -0.25) is 4.79 Å². The summed E-state index contributed by atoms with van der Waals surface area (Å²) in [7, 11) is 0. The second kappa shape index (κ2) is 6.91. The zero-order chi connectivity index (χ0) is 16.2. The quantitative estimate of drug-likeness (QED) is 0.619. The minimum Gasteiger partial charge on any atom is -0.398 e. The zero-order valence-corrected chi connectivity index (χ0v) is 13.2. The van der Waals surface area contributed by atoms with Crippen molar-refractivity contribution in [2.24, 2.45) is 0 Å². The van der Waals surface area contributed by atoms with Crippen LogP contribution >= 0.6 is 0 Å². The van der Waals surface area contributed by atoms with Crippen LogP contribution in [0.15, 0.2) is 18.2 Å². The van der Waals surface area contributed by atoms with E-state index in [1.165, 1.54) is 6.92 Å². The van der Waals surface area contributed by atoms with E-state index in [1.54, 1.807) is 6.07 Å². The van der Waals surface area contributed by atoms with E-state index in [0.717, 1.165) is 5.56 Å². The van der Waals surface area contributed by atoms with Gasteiger partial charge in [0.25, 0.3) is 0 Å². The summed E-state index contributed by atoms with van der Waals surface area (Å²) in [6, 6.07) is 5.51. The minimum absolute atomic E-state index is 0.0662. The number of hydrogen-bond donors (Lipinski definition) is 4. The Labute approximate surface area is 126 Å². The highest BCUT2D eigenvalue weighted by atomic mass is 16.3. The Morgan fingerprint density at radius 1 is 1.33 bits per heavy atom. The number of aliphatic hydroxyl groups excluding tert-OH is 2. The summed E-state index contributed by atoms with van der Waals surface area (Å²) in [4.78, 5) is 10.8. The first kappa shape index (κ1) is 17.5. The molecule has 0 heterocycles. The first-order valence-corrected chi connectivity index (χ1v) is 7.13. The lowest BCUT2D eigenvalue weighted by atomic mass is 9.84. The fraction of sp³-hybridized carbons (Fsp3) is 0.562. The van der Waals surface area contributed by atoms with Crippen LogP contribution in [0.1, 0.15) is 51.3 Å². The Balaban J connectivity index is 2.85. The van der Waals surface area contributed by atoms with Crippen molar-refractivity contribution in [3.63, 3.8) is 0 Å². The maximum atomic E-state index is 10.8. The molecule has 0 aliphatic rings. The van der Waals surface area contributed by atoms with Gasteiger partial charge in [0.15, 0.2) is 0 Å². The van der Waals surface area contributed by atoms with Gasteiger partial charge < -0.3 is 21.3 Å². The van der Waals surface area contributed by atoms with Gasteiger partial charge in [0.2, 0.25) is 5.91 Å². The van der Waals surface area contributed by atoms with Crippen LogP contribution < -0.4 is 11.1 Å². The lowest BCUT2D eigenvalue weighted by Gasteiger charge is -2.24. The highest BCUT2D eigenvalue weighted by Crippen LogP contribution is 2.30. The summed E-state index contributed by atoms with van der Waals surface area (Å²) in [5.74, 6) is -0.161. The number of anilines is 1. The van der Waals surface area contributed by atoms with Crippen LogP contribution in [0, 0.1) is 0 Å². The molecule has 0 aliphatic carbocycles. The summed E-state index contributed by atoms with van der Waals surface area (Å²) in [5.41, 5.74) is 7.86. The number of hydrogen-bond acceptors (Lipinski definition) is 4. The van der Waals surface area contributed by atoms with Crippen LogP contribution in [0.25, 0.3) is 0 Å². The molecular formula is C16H26N2O3. The Kier molecular flexibility index (Phi) is 5.75. The average Bonchev–Trinajstić information content (AvgIpc) is 2.36. The lowest BCUT2D eigenvalue weighted by molar-refractivity contribution is -0.119. The molecular weight excluding hydrogens is 268 g/mol. The van der Waals surface area contributed by atoms with E-state index in [2.05, 4.69) is 26.1 Å². The molecule has 5 heteroatoms. The smallest absolute Gasteiger partial charge is 0.216 e. The Morgan fingerprint density at radius 3 is 2.48 bits per heavy atom. The molecule has 1 aromatic carbocycles. The van der Waals surface area contributed by atoms with Crippen molar-refractivity contribution in [1.82, 2.24) is 5.32 Å². The molecule has 1 aromatic rings. The normalized spacial score (nSPS) is 14.6. The van der Waals surface area contributed by atoms with Crippen LogP contribution in [-0.4, -0.2) is 28.8 Å². The van der Waals surface area contributed by atoms with Gasteiger partial charge >= 0.3 is 0 Å². The van der Waals surface area contributed by atoms with E-state index < -0.39 is 12.2 Å².